The van der Waals surface area contributed by atoms with E-state index in [1.165, 1.54) is 0 Å². The largest absolute Gasteiger partial charge is 0.365 e. The van der Waals surface area contributed by atoms with Crippen molar-refractivity contribution in [3.63, 3.8) is 0 Å². The van der Waals surface area contributed by atoms with E-state index in [-0.39, 0.29) is 30.3 Å². The number of halogens is 1. The molecule has 3 heterocycles. The molecule has 0 radical (unpaired) electrons. The van der Waals surface area contributed by atoms with E-state index in [1.54, 1.807) is 13.0 Å². The number of anilines is 3. The molecule has 0 bridgehead atoms. The van der Waals surface area contributed by atoms with Gasteiger partial charge in [0.2, 0.25) is 5.91 Å². The number of piperazine rings is 1. The summed E-state index contributed by atoms with van der Waals surface area (Å²) in [4.78, 5) is 30.5. The minimum absolute atomic E-state index is 0.0447. The normalized spacial score (nSPS) is 18.7. The number of benzene rings is 3. The lowest BCUT2D eigenvalue weighted by molar-refractivity contribution is -0.115. The average molecular weight is 570 g/mol. The molecule has 2 aliphatic heterocycles. The van der Waals surface area contributed by atoms with Crippen LogP contribution in [0.25, 0.3) is 0 Å². The smallest absolute Gasteiger partial charge is 0.256 e. The number of fused-ring (bicyclic) bond motifs is 2. The van der Waals surface area contributed by atoms with Gasteiger partial charge in [0, 0.05) is 48.2 Å². The predicted octanol–water partition coefficient (Wildman–Crippen LogP) is 5.99. The summed E-state index contributed by atoms with van der Waals surface area (Å²) < 4.78 is 5.17. The lowest BCUT2D eigenvalue weighted by Gasteiger charge is -2.45. The van der Waals surface area contributed by atoms with Crippen LogP contribution in [0.4, 0.5) is 17.1 Å². The van der Waals surface area contributed by atoms with Gasteiger partial charge in [0.1, 0.15) is 5.76 Å². The summed E-state index contributed by atoms with van der Waals surface area (Å²) in [5.74, 6) is 0.424. The van der Waals surface area contributed by atoms with Gasteiger partial charge in [0.15, 0.2) is 0 Å². The van der Waals surface area contributed by atoms with Crippen molar-refractivity contribution in [1.29, 1.82) is 0 Å². The molecule has 2 aliphatic rings. The minimum Gasteiger partial charge on any atom is -0.365 e. The molecule has 2 N–H and O–H groups in total. The summed E-state index contributed by atoms with van der Waals surface area (Å²) in [6, 6.07) is 21.7. The highest BCUT2D eigenvalue weighted by atomic mass is 35.5. The van der Waals surface area contributed by atoms with Crippen LogP contribution in [0.1, 0.15) is 51.5 Å². The summed E-state index contributed by atoms with van der Waals surface area (Å²) in [6.45, 7) is 8.17. The van der Waals surface area contributed by atoms with Crippen LogP contribution in [-0.4, -0.2) is 47.5 Å². The molecule has 1 aromatic heterocycles. The van der Waals surface area contributed by atoms with Crippen LogP contribution < -0.4 is 15.5 Å². The van der Waals surface area contributed by atoms with E-state index in [0.29, 0.717) is 22.0 Å². The zero-order chi connectivity index (χ0) is 28.7. The van der Waals surface area contributed by atoms with Crippen molar-refractivity contribution in [3.05, 3.63) is 105 Å². The van der Waals surface area contributed by atoms with Crippen molar-refractivity contribution in [3.8, 4) is 0 Å². The standard InChI is InChI=1S/C32H32ClN5O3/c1-19-18-37(31-23-8-4-5-9-24(23)32(40)35-28-11-7-6-10-25(28)31)14-15-38(19)29-13-12-22(16-27(29)33)34-30(39)17-26-20(2)36-41-21(26)3/h4-13,16,19,31H,14-15,17-18H2,1-3H3,(H,34,39)(H,35,40). The van der Waals surface area contributed by atoms with Crippen LogP contribution in [0, 0.1) is 13.8 Å². The molecule has 1 saturated heterocycles. The van der Waals surface area contributed by atoms with Gasteiger partial charge in [0.25, 0.3) is 5.91 Å². The van der Waals surface area contributed by atoms with E-state index in [1.807, 2.05) is 55.5 Å². The maximum atomic E-state index is 13.1. The molecule has 2 unspecified atom stereocenters. The van der Waals surface area contributed by atoms with Crippen molar-refractivity contribution >= 4 is 40.5 Å². The van der Waals surface area contributed by atoms with Crippen molar-refractivity contribution in [2.45, 2.75) is 39.3 Å². The number of nitrogens with zero attached hydrogens (tertiary/aromatic N) is 3. The molecule has 2 atom stereocenters. The van der Waals surface area contributed by atoms with Crippen molar-refractivity contribution in [2.24, 2.45) is 0 Å². The van der Waals surface area contributed by atoms with Crippen LogP contribution >= 0.6 is 11.6 Å². The Kier molecular flexibility index (Phi) is 7.28. The number of hydrogen-bond acceptors (Lipinski definition) is 6. The molecule has 4 aromatic rings. The van der Waals surface area contributed by atoms with Crippen LogP contribution in [0.5, 0.6) is 0 Å². The Morgan fingerprint density at radius 2 is 1.83 bits per heavy atom. The molecule has 0 saturated carbocycles. The highest BCUT2D eigenvalue weighted by Crippen LogP contribution is 2.40. The Hall–Kier alpha value is -4.14. The summed E-state index contributed by atoms with van der Waals surface area (Å²) >= 11 is 6.78. The lowest BCUT2D eigenvalue weighted by Crippen LogP contribution is -2.53. The van der Waals surface area contributed by atoms with E-state index in [2.05, 4.69) is 44.6 Å². The molecular weight excluding hydrogens is 538 g/mol. The third kappa shape index (κ3) is 5.21. The Labute approximate surface area is 244 Å². The zero-order valence-electron chi connectivity index (χ0n) is 23.3. The fraction of sp³-hybridized carbons (Fsp3) is 0.281. The third-order valence-corrected chi connectivity index (χ3v) is 8.39. The number of carbonyl (C=O) groups excluding carboxylic acids is 2. The summed E-state index contributed by atoms with van der Waals surface area (Å²) in [5.41, 5.74) is 6.77. The average Bonchev–Trinajstić information content (AvgIpc) is 3.20. The maximum absolute atomic E-state index is 13.1. The molecule has 210 valence electrons. The highest BCUT2D eigenvalue weighted by molar-refractivity contribution is 6.33. The number of hydrogen-bond donors (Lipinski definition) is 2. The maximum Gasteiger partial charge on any atom is 0.256 e. The summed E-state index contributed by atoms with van der Waals surface area (Å²) in [7, 11) is 0. The fourth-order valence-corrected chi connectivity index (χ4v) is 6.35. The van der Waals surface area contributed by atoms with Gasteiger partial charge in [-0.25, -0.2) is 0 Å². The van der Waals surface area contributed by atoms with Gasteiger partial charge in [-0.3, -0.25) is 14.5 Å². The molecule has 9 heteroatoms. The fourth-order valence-electron chi connectivity index (χ4n) is 6.06. The van der Waals surface area contributed by atoms with E-state index in [9.17, 15) is 9.59 Å². The number of amides is 2. The highest BCUT2D eigenvalue weighted by Gasteiger charge is 2.35. The first-order valence-corrected chi connectivity index (χ1v) is 14.2. The number of rotatable bonds is 5. The molecule has 6 rings (SSSR count). The van der Waals surface area contributed by atoms with Crippen LogP contribution in [0.3, 0.4) is 0 Å². The third-order valence-electron chi connectivity index (χ3n) is 8.09. The molecule has 0 aliphatic carbocycles. The number of aryl methyl sites for hydroxylation is 2. The second kappa shape index (κ2) is 11.0. The van der Waals surface area contributed by atoms with E-state index >= 15 is 0 Å². The van der Waals surface area contributed by atoms with Gasteiger partial charge in [-0.2, -0.15) is 0 Å². The van der Waals surface area contributed by atoms with Gasteiger partial charge in [0.05, 0.1) is 28.9 Å². The minimum atomic E-state index is -0.151. The van der Waals surface area contributed by atoms with E-state index in [0.717, 1.165) is 53.4 Å². The number of carbonyl (C=O) groups is 2. The number of aromatic nitrogens is 1. The Balaban J connectivity index is 1.20. The van der Waals surface area contributed by atoms with Gasteiger partial charge in [-0.05, 0) is 62.2 Å². The van der Waals surface area contributed by atoms with Gasteiger partial charge >= 0.3 is 0 Å². The monoisotopic (exact) mass is 569 g/mol. The van der Waals surface area contributed by atoms with Gasteiger partial charge < -0.3 is 20.1 Å². The van der Waals surface area contributed by atoms with Crippen LogP contribution in [-0.2, 0) is 11.2 Å². The van der Waals surface area contributed by atoms with Crippen LogP contribution in [0.2, 0.25) is 5.02 Å². The predicted molar refractivity (Wildman–Crippen MR) is 161 cm³/mol. The van der Waals surface area contributed by atoms with Crippen molar-refractivity contribution < 1.29 is 14.1 Å². The van der Waals surface area contributed by atoms with Gasteiger partial charge in [-0.15, -0.1) is 0 Å². The van der Waals surface area contributed by atoms with Crippen molar-refractivity contribution in [2.75, 3.05) is 35.2 Å². The molecule has 41 heavy (non-hydrogen) atoms. The molecular formula is C32H32ClN5O3. The van der Waals surface area contributed by atoms with Crippen LogP contribution in [0.15, 0.2) is 71.3 Å². The first-order valence-electron chi connectivity index (χ1n) is 13.8. The molecule has 2 amide bonds. The quantitative estimate of drug-likeness (QED) is 0.307. The first kappa shape index (κ1) is 27.1. The Morgan fingerprint density at radius 3 is 2.56 bits per heavy atom. The summed E-state index contributed by atoms with van der Waals surface area (Å²) in [6.07, 6.45) is 0.189. The Bertz CT molecular complexity index is 1610. The second-order valence-corrected chi connectivity index (χ2v) is 11.2. The lowest BCUT2D eigenvalue weighted by atomic mass is 9.92. The molecule has 0 spiro atoms. The van der Waals surface area contributed by atoms with E-state index < -0.39 is 0 Å². The molecule has 8 nitrogen and oxygen atoms in total. The zero-order valence-corrected chi connectivity index (χ0v) is 24.0. The molecule has 3 aromatic carbocycles. The Morgan fingerprint density at radius 1 is 1.07 bits per heavy atom. The van der Waals surface area contributed by atoms with Crippen molar-refractivity contribution in [1.82, 2.24) is 10.1 Å². The topological polar surface area (TPSA) is 90.7 Å². The van der Waals surface area contributed by atoms with E-state index in [4.69, 9.17) is 16.1 Å². The number of nitrogens with one attached hydrogen (secondary N) is 2. The first-order chi connectivity index (χ1) is 19.8. The number of para-hydroxylation sites is 1. The SMILES string of the molecule is Cc1noc(C)c1CC(=O)Nc1ccc(N2CCN(C3c4ccccc4NC(=O)c4ccccc43)CC2C)c(Cl)c1. The molecule has 1 fully saturated rings. The van der Waals surface area contributed by atoms with Gasteiger partial charge in [-0.1, -0.05) is 53.2 Å². The summed E-state index contributed by atoms with van der Waals surface area (Å²) in [5, 5.41) is 10.6. The second-order valence-electron chi connectivity index (χ2n) is 10.8.